The van der Waals surface area contributed by atoms with Gasteiger partial charge in [0.15, 0.2) is 0 Å². The third kappa shape index (κ3) is 4.09. The number of aliphatic hydroxyl groups excluding tert-OH is 2. The second-order valence-corrected chi connectivity index (χ2v) is 13.7. The van der Waals surface area contributed by atoms with E-state index in [2.05, 4.69) is 45.0 Å². The predicted molar refractivity (Wildman–Crippen MR) is 144 cm³/mol. The fraction of sp³-hybridized carbons (Fsp3) is 0.656. The Morgan fingerprint density at radius 3 is 2.19 bits per heavy atom. The summed E-state index contributed by atoms with van der Waals surface area (Å²) in [6.45, 7) is 12.2. The molecule has 1 aromatic carbocycles. The lowest BCUT2D eigenvalue weighted by Gasteiger charge is -2.41. The molecule has 5 nitrogen and oxygen atoms in total. The molecule has 200 valence electrons. The molecule has 4 aliphatic rings. The van der Waals surface area contributed by atoms with Crippen LogP contribution >= 0.6 is 0 Å². The van der Waals surface area contributed by atoms with Gasteiger partial charge in [0.05, 0.1) is 23.1 Å². The Hall–Kier alpha value is -1.79. The molecule has 0 radical (unpaired) electrons. The molecule has 2 aliphatic carbocycles. The van der Waals surface area contributed by atoms with Crippen LogP contribution in [0.2, 0.25) is 0 Å². The van der Waals surface area contributed by atoms with Crippen LogP contribution in [0, 0.1) is 5.41 Å². The van der Waals surface area contributed by atoms with Gasteiger partial charge in [-0.2, -0.15) is 0 Å². The minimum absolute atomic E-state index is 0.0839. The lowest BCUT2D eigenvalue weighted by molar-refractivity contribution is -0.0598. The maximum Gasteiger partial charge on any atom is 0.111 e. The second kappa shape index (κ2) is 8.87. The number of rotatable bonds is 2. The van der Waals surface area contributed by atoms with Crippen LogP contribution in [0.1, 0.15) is 143 Å². The highest BCUT2D eigenvalue weighted by Gasteiger charge is 2.54. The van der Waals surface area contributed by atoms with Crippen molar-refractivity contribution in [2.24, 2.45) is 5.41 Å². The van der Waals surface area contributed by atoms with Crippen molar-refractivity contribution in [1.29, 1.82) is 0 Å². The van der Waals surface area contributed by atoms with Gasteiger partial charge in [-0.3, -0.25) is 4.98 Å². The van der Waals surface area contributed by atoms with Gasteiger partial charge in [-0.25, -0.2) is 0 Å². The van der Waals surface area contributed by atoms with Gasteiger partial charge >= 0.3 is 0 Å². The molecule has 1 aromatic heterocycles. The minimum Gasteiger partial charge on any atom is -0.388 e. The monoisotopic (exact) mass is 505 g/mol. The molecule has 2 aliphatic heterocycles. The largest absolute Gasteiger partial charge is 0.388 e. The maximum atomic E-state index is 11.6. The van der Waals surface area contributed by atoms with E-state index in [1.165, 1.54) is 11.1 Å². The molecule has 37 heavy (non-hydrogen) atoms. The van der Waals surface area contributed by atoms with Gasteiger partial charge in [-0.15, -0.1) is 0 Å². The molecule has 2 N–H and O–H groups in total. The molecule has 3 atom stereocenters. The van der Waals surface area contributed by atoms with Crippen molar-refractivity contribution in [3.05, 3.63) is 63.5 Å². The summed E-state index contributed by atoms with van der Waals surface area (Å²) in [4.78, 5) is 5.28. The van der Waals surface area contributed by atoms with Crippen LogP contribution in [-0.2, 0) is 20.5 Å². The number of hydrogen-bond acceptors (Lipinski definition) is 5. The Kier molecular flexibility index (Phi) is 6.11. The van der Waals surface area contributed by atoms with E-state index >= 15 is 0 Å². The highest BCUT2D eigenvalue weighted by molar-refractivity contribution is 5.55. The molecule has 3 unspecified atom stereocenters. The van der Waals surface area contributed by atoms with Crippen molar-refractivity contribution < 1.29 is 19.7 Å². The Morgan fingerprint density at radius 1 is 0.919 bits per heavy atom. The quantitative estimate of drug-likeness (QED) is 0.478. The van der Waals surface area contributed by atoms with Gasteiger partial charge in [0, 0.05) is 30.3 Å². The third-order valence-electron chi connectivity index (χ3n) is 9.54. The number of hydrogen-bond donors (Lipinski definition) is 2. The number of pyridine rings is 1. The van der Waals surface area contributed by atoms with E-state index in [4.69, 9.17) is 14.5 Å². The van der Waals surface area contributed by atoms with E-state index in [9.17, 15) is 10.2 Å². The highest BCUT2D eigenvalue weighted by Crippen LogP contribution is 2.61. The first-order valence-electron chi connectivity index (χ1n) is 14.3. The molecule has 1 saturated carbocycles. The normalized spacial score (nSPS) is 28.9. The molecular weight excluding hydrogens is 462 g/mol. The zero-order valence-corrected chi connectivity index (χ0v) is 23.1. The van der Waals surface area contributed by atoms with Gasteiger partial charge in [-0.05, 0) is 59.6 Å². The fourth-order valence-electron chi connectivity index (χ4n) is 7.37. The van der Waals surface area contributed by atoms with Gasteiger partial charge in [-0.1, -0.05) is 71.7 Å². The molecule has 0 bridgehead atoms. The Bertz CT molecular complexity index is 1170. The number of fused-ring (bicyclic) bond motifs is 4. The van der Waals surface area contributed by atoms with Crippen LogP contribution in [0.4, 0.5) is 0 Å². The number of aromatic nitrogens is 1. The molecular formula is C32H43NO4. The fourth-order valence-corrected chi connectivity index (χ4v) is 7.37. The van der Waals surface area contributed by atoms with Gasteiger partial charge < -0.3 is 19.7 Å². The number of ether oxygens (including phenoxy) is 2. The Morgan fingerprint density at radius 2 is 1.57 bits per heavy atom. The van der Waals surface area contributed by atoms with E-state index in [1.54, 1.807) is 0 Å². The Balaban J connectivity index is 1.59. The summed E-state index contributed by atoms with van der Waals surface area (Å²) in [5, 5.41) is 23.1. The first-order chi connectivity index (χ1) is 17.5. The summed E-state index contributed by atoms with van der Waals surface area (Å²) in [5.41, 5.74) is 6.61. The lowest BCUT2D eigenvalue weighted by Crippen LogP contribution is -2.35. The first kappa shape index (κ1) is 25.5. The van der Waals surface area contributed by atoms with E-state index in [0.717, 1.165) is 74.1 Å². The molecule has 6 rings (SSSR count). The second-order valence-electron chi connectivity index (χ2n) is 13.7. The molecule has 1 spiro atoms. The first-order valence-corrected chi connectivity index (χ1v) is 14.3. The zero-order valence-electron chi connectivity index (χ0n) is 23.1. The summed E-state index contributed by atoms with van der Waals surface area (Å²) >= 11 is 0. The molecule has 3 heterocycles. The summed E-state index contributed by atoms with van der Waals surface area (Å²) in [6, 6.07) is 8.92. The van der Waals surface area contributed by atoms with Crippen molar-refractivity contribution in [2.45, 2.75) is 115 Å². The van der Waals surface area contributed by atoms with E-state index in [0.29, 0.717) is 12.1 Å². The van der Waals surface area contributed by atoms with Gasteiger partial charge in [0.25, 0.3) is 0 Å². The summed E-state index contributed by atoms with van der Waals surface area (Å²) in [5.74, 6) is 0.263. The Labute approximate surface area is 221 Å². The van der Waals surface area contributed by atoms with Crippen LogP contribution in [0.5, 0.6) is 0 Å². The van der Waals surface area contributed by atoms with E-state index < -0.39 is 23.2 Å². The molecule has 5 heteroatoms. The van der Waals surface area contributed by atoms with Crippen LogP contribution in [-0.4, -0.2) is 28.4 Å². The molecule has 2 fully saturated rings. The van der Waals surface area contributed by atoms with Gasteiger partial charge in [0.1, 0.15) is 12.2 Å². The topological polar surface area (TPSA) is 71.8 Å². The summed E-state index contributed by atoms with van der Waals surface area (Å²) < 4.78 is 12.9. The zero-order chi connectivity index (χ0) is 26.2. The SMILES string of the molecule is CC(C)(C)c1ccc(C2OC3(CCCC3)c3c4c(nc(C5CCOCC5)c32)C(O)C(C)(C)CC4O)cc1. The molecule has 2 aromatic rings. The van der Waals surface area contributed by atoms with Crippen LogP contribution in [0.25, 0.3) is 0 Å². The highest BCUT2D eigenvalue weighted by atomic mass is 16.5. The van der Waals surface area contributed by atoms with Crippen molar-refractivity contribution in [3.63, 3.8) is 0 Å². The smallest absolute Gasteiger partial charge is 0.111 e. The van der Waals surface area contributed by atoms with Crippen LogP contribution < -0.4 is 0 Å². The molecule has 1 saturated heterocycles. The van der Waals surface area contributed by atoms with Crippen LogP contribution in [0.15, 0.2) is 24.3 Å². The van der Waals surface area contributed by atoms with Crippen molar-refractivity contribution in [2.75, 3.05) is 13.2 Å². The van der Waals surface area contributed by atoms with Crippen molar-refractivity contribution in [3.8, 4) is 0 Å². The van der Waals surface area contributed by atoms with Crippen molar-refractivity contribution >= 4 is 0 Å². The average Bonchev–Trinajstić information content (AvgIpc) is 3.47. The number of aliphatic hydroxyl groups is 2. The van der Waals surface area contributed by atoms with E-state index in [1.807, 2.05) is 13.8 Å². The predicted octanol–water partition coefficient (Wildman–Crippen LogP) is 6.66. The van der Waals surface area contributed by atoms with Crippen LogP contribution in [0.3, 0.4) is 0 Å². The third-order valence-corrected chi connectivity index (χ3v) is 9.54. The summed E-state index contributed by atoms with van der Waals surface area (Å²) in [6.07, 6.45) is 4.92. The van der Waals surface area contributed by atoms with E-state index in [-0.39, 0.29) is 17.4 Å². The maximum absolute atomic E-state index is 11.6. The number of benzene rings is 1. The average molecular weight is 506 g/mol. The lowest BCUT2D eigenvalue weighted by atomic mass is 9.68. The number of nitrogens with zero attached hydrogens (tertiary/aromatic N) is 1. The van der Waals surface area contributed by atoms with Gasteiger partial charge in [0.2, 0.25) is 0 Å². The standard InChI is InChI=1S/C32H43NO4/c1-30(2,3)21-10-8-20(9-11-21)28-24-25(32(37-28)14-6-7-15-32)23-22(34)18-31(4,5)29(35)27(23)33-26(24)19-12-16-36-17-13-19/h8-11,19,22,28-29,34-35H,6-7,12-18H2,1-5H3. The summed E-state index contributed by atoms with van der Waals surface area (Å²) in [7, 11) is 0. The molecule has 0 amide bonds. The van der Waals surface area contributed by atoms with Crippen molar-refractivity contribution in [1.82, 2.24) is 4.98 Å². The minimum atomic E-state index is -0.710.